The van der Waals surface area contributed by atoms with Crippen LogP contribution >= 0.6 is 0 Å². The molecule has 136 valence electrons. The SMILES string of the molecule is CC(C)CCCCCCC(=O)OC(=O)CCCCCCC(C)C. The first-order chi connectivity index (χ1) is 10.9. The zero-order valence-electron chi connectivity index (χ0n) is 15.9. The smallest absolute Gasteiger partial charge is 0.313 e. The lowest BCUT2D eigenvalue weighted by Gasteiger charge is -2.05. The van der Waals surface area contributed by atoms with Crippen molar-refractivity contribution in [2.45, 2.75) is 105 Å². The van der Waals surface area contributed by atoms with Crippen molar-refractivity contribution >= 4 is 11.9 Å². The van der Waals surface area contributed by atoms with Gasteiger partial charge in [-0.25, -0.2) is 0 Å². The van der Waals surface area contributed by atoms with E-state index in [0.717, 1.165) is 50.4 Å². The summed E-state index contributed by atoms with van der Waals surface area (Å²) in [4.78, 5) is 23.1. The molecule has 0 N–H and O–H groups in total. The van der Waals surface area contributed by atoms with Gasteiger partial charge >= 0.3 is 11.9 Å². The van der Waals surface area contributed by atoms with Gasteiger partial charge in [-0.2, -0.15) is 0 Å². The van der Waals surface area contributed by atoms with Gasteiger partial charge in [0.2, 0.25) is 0 Å². The molecular weight excluding hydrogens is 288 g/mol. The Morgan fingerprint density at radius 3 is 1.30 bits per heavy atom. The monoisotopic (exact) mass is 326 g/mol. The Hall–Kier alpha value is -0.860. The maximum atomic E-state index is 11.6. The van der Waals surface area contributed by atoms with Gasteiger partial charge in [-0.3, -0.25) is 9.59 Å². The molecule has 23 heavy (non-hydrogen) atoms. The van der Waals surface area contributed by atoms with Crippen LogP contribution in [0, 0.1) is 11.8 Å². The fourth-order valence-electron chi connectivity index (χ4n) is 2.58. The van der Waals surface area contributed by atoms with E-state index in [1.807, 2.05) is 0 Å². The quantitative estimate of drug-likeness (QED) is 0.222. The highest BCUT2D eigenvalue weighted by Gasteiger charge is 2.09. The number of unbranched alkanes of at least 4 members (excludes halogenated alkanes) is 6. The molecule has 0 heterocycles. The first-order valence-electron chi connectivity index (χ1n) is 9.65. The standard InChI is InChI=1S/C20H38O3/c1-17(2)13-9-5-7-11-15-19(21)23-20(22)16-12-8-6-10-14-18(3)4/h17-18H,5-16H2,1-4H3. The minimum Gasteiger partial charge on any atom is -0.393 e. The topological polar surface area (TPSA) is 43.4 Å². The molecule has 0 aliphatic carbocycles. The van der Waals surface area contributed by atoms with Gasteiger partial charge in [0.15, 0.2) is 0 Å². The molecule has 0 unspecified atom stereocenters. The number of hydrogen-bond acceptors (Lipinski definition) is 3. The Kier molecular flexibility index (Phi) is 14.2. The molecule has 0 aromatic heterocycles. The van der Waals surface area contributed by atoms with E-state index in [1.54, 1.807) is 0 Å². The van der Waals surface area contributed by atoms with Gasteiger partial charge in [0.25, 0.3) is 0 Å². The Morgan fingerprint density at radius 1 is 0.609 bits per heavy atom. The van der Waals surface area contributed by atoms with Crippen LogP contribution < -0.4 is 0 Å². The Morgan fingerprint density at radius 2 is 0.957 bits per heavy atom. The first-order valence-corrected chi connectivity index (χ1v) is 9.65. The number of rotatable bonds is 14. The molecule has 0 aliphatic heterocycles. The van der Waals surface area contributed by atoms with E-state index >= 15 is 0 Å². The number of hydrogen-bond donors (Lipinski definition) is 0. The summed E-state index contributed by atoms with van der Waals surface area (Å²) >= 11 is 0. The predicted molar refractivity (Wildman–Crippen MR) is 96.2 cm³/mol. The van der Waals surface area contributed by atoms with Gasteiger partial charge in [-0.15, -0.1) is 0 Å². The van der Waals surface area contributed by atoms with E-state index in [0.29, 0.717) is 12.8 Å². The number of carbonyl (C=O) groups is 2. The van der Waals surface area contributed by atoms with Crippen LogP contribution in [0.2, 0.25) is 0 Å². The lowest BCUT2D eigenvalue weighted by Crippen LogP contribution is -2.11. The fourth-order valence-corrected chi connectivity index (χ4v) is 2.58. The summed E-state index contributed by atoms with van der Waals surface area (Å²) in [7, 11) is 0. The molecule has 0 spiro atoms. The molecule has 0 rings (SSSR count). The molecule has 0 fully saturated rings. The maximum absolute atomic E-state index is 11.6. The lowest BCUT2D eigenvalue weighted by atomic mass is 10.0. The molecule has 0 amide bonds. The summed E-state index contributed by atoms with van der Waals surface area (Å²) in [5.41, 5.74) is 0. The highest BCUT2D eigenvalue weighted by atomic mass is 16.6. The average molecular weight is 327 g/mol. The fraction of sp³-hybridized carbons (Fsp3) is 0.900. The second-order valence-corrected chi connectivity index (χ2v) is 7.54. The van der Waals surface area contributed by atoms with Crippen LogP contribution in [0.5, 0.6) is 0 Å². The van der Waals surface area contributed by atoms with Crippen LogP contribution in [0.15, 0.2) is 0 Å². The molecule has 0 saturated heterocycles. The van der Waals surface area contributed by atoms with Crippen LogP contribution in [0.4, 0.5) is 0 Å². The van der Waals surface area contributed by atoms with E-state index in [2.05, 4.69) is 27.7 Å². The van der Waals surface area contributed by atoms with E-state index in [1.165, 1.54) is 25.7 Å². The summed E-state index contributed by atoms with van der Waals surface area (Å²) in [6.07, 6.45) is 11.8. The number of carbonyl (C=O) groups excluding carboxylic acids is 2. The van der Waals surface area contributed by atoms with E-state index in [9.17, 15) is 9.59 Å². The highest BCUT2D eigenvalue weighted by Crippen LogP contribution is 2.12. The van der Waals surface area contributed by atoms with Crippen molar-refractivity contribution in [2.75, 3.05) is 0 Å². The van der Waals surface area contributed by atoms with Crippen LogP contribution in [-0.4, -0.2) is 11.9 Å². The third-order valence-corrected chi connectivity index (χ3v) is 4.05. The van der Waals surface area contributed by atoms with Crippen molar-refractivity contribution in [3.8, 4) is 0 Å². The van der Waals surface area contributed by atoms with Gasteiger partial charge in [0, 0.05) is 12.8 Å². The molecule has 3 heteroatoms. The van der Waals surface area contributed by atoms with Crippen LogP contribution in [-0.2, 0) is 14.3 Å². The summed E-state index contributed by atoms with van der Waals surface area (Å²) in [6.45, 7) is 8.92. The summed E-state index contributed by atoms with van der Waals surface area (Å²) < 4.78 is 4.86. The van der Waals surface area contributed by atoms with Crippen molar-refractivity contribution in [3.05, 3.63) is 0 Å². The average Bonchev–Trinajstić information content (AvgIpc) is 2.45. The second-order valence-electron chi connectivity index (χ2n) is 7.54. The van der Waals surface area contributed by atoms with Gasteiger partial charge in [-0.05, 0) is 24.7 Å². The normalized spacial score (nSPS) is 11.2. The minimum absolute atomic E-state index is 0.348. The molecule has 0 bridgehead atoms. The highest BCUT2D eigenvalue weighted by molar-refractivity contribution is 5.85. The third kappa shape index (κ3) is 17.3. The van der Waals surface area contributed by atoms with Crippen molar-refractivity contribution in [1.29, 1.82) is 0 Å². The van der Waals surface area contributed by atoms with E-state index < -0.39 is 0 Å². The second kappa shape index (κ2) is 14.7. The Bertz CT molecular complexity index is 278. The lowest BCUT2D eigenvalue weighted by molar-refractivity contribution is -0.159. The van der Waals surface area contributed by atoms with Crippen molar-refractivity contribution < 1.29 is 14.3 Å². The van der Waals surface area contributed by atoms with Crippen LogP contribution in [0.3, 0.4) is 0 Å². The van der Waals surface area contributed by atoms with Gasteiger partial charge in [0.05, 0.1) is 0 Å². The predicted octanol–water partition coefficient (Wildman–Crippen LogP) is 6.05. The Balaban J connectivity index is 3.43. The zero-order valence-corrected chi connectivity index (χ0v) is 15.9. The molecule has 0 aliphatic rings. The summed E-state index contributed by atoms with van der Waals surface area (Å²) in [5.74, 6) is 0.809. The Labute approximate surface area is 143 Å². The molecule has 0 radical (unpaired) electrons. The zero-order chi connectivity index (χ0) is 17.5. The van der Waals surface area contributed by atoms with E-state index in [4.69, 9.17) is 4.74 Å². The molecule has 0 aromatic carbocycles. The maximum Gasteiger partial charge on any atom is 0.313 e. The molecule has 0 atom stereocenters. The third-order valence-electron chi connectivity index (χ3n) is 4.05. The first kappa shape index (κ1) is 22.1. The summed E-state index contributed by atoms with van der Waals surface area (Å²) in [5, 5.41) is 0. The van der Waals surface area contributed by atoms with Gasteiger partial charge in [-0.1, -0.05) is 79.1 Å². The molecule has 0 saturated carbocycles. The number of ether oxygens (including phenoxy) is 1. The molecular formula is C20H38O3. The minimum atomic E-state index is -0.348. The van der Waals surface area contributed by atoms with E-state index in [-0.39, 0.29) is 11.9 Å². The van der Waals surface area contributed by atoms with Crippen molar-refractivity contribution in [2.24, 2.45) is 11.8 Å². The van der Waals surface area contributed by atoms with Gasteiger partial charge < -0.3 is 4.74 Å². The van der Waals surface area contributed by atoms with Gasteiger partial charge in [0.1, 0.15) is 0 Å². The molecule has 0 aromatic rings. The summed E-state index contributed by atoms with van der Waals surface area (Å²) in [6, 6.07) is 0. The van der Waals surface area contributed by atoms with Crippen LogP contribution in [0.1, 0.15) is 105 Å². The van der Waals surface area contributed by atoms with Crippen molar-refractivity contribution in [1.82, 2.24) is 0 Å². The van der Waals surface area contributed by atoms with Crippen molar-refractivity contribution in [3.63, 3.8) is 0 Å². The van der Waals surface area contributed by atoms with Crippen LogP contribution in [0.25, 0.3) is 0 Å². The molecule has 3 nitrogen and oxygen atoms in total. The number of esters is 2. The largest absolute Gasteiger partial charge is 0.393 e.